The number of nitrogens with one attached hydrogen (secondary N) is 1. The van der Waals surface area contributed by atoms with E-state index >= 15 is 0 Å². The predicted octanol–water partition coefficient (Wildman–Crippen LogP) is 6.62. The summed E-state index contributed by atoms with van der Waals surface area (Å²) in [6, 6.07) is 9.74. The van der Waals surface area contributed by atoms with Crippen molar-refractivity contribution >= 4 is 46.8 Å². The summed E-state index contributed by atoms with van der Waals surface area (Å²) < 4.78 is 37.2. The molecule has 0 aromatic heterocycles. The minimum atomic E-state index is -4.30. The molecule has 0 radical (unpaired) electrons. The SMILES string of the molecule is CCN(C)C=Nc1cc(C)cc(Nc2ccc(SC(F)(F)F)cc2)c1Cl. The van der Waals surface area contributed by atoms with E-state index in [-0.39, 0.29) is 16.7 Å². The van der Waals surface area contributed by atoms with Crippen molar-refractivity contribution in [2.45, 2.75) is 24.3 Å². The Labute approximate surface area is 160 Å². The van der Waals surface area contributed by atoms with E-state index in [4.69, 9.17) is 11.6 Å². The number of hydrogen-bond acceptors (Lipinski definition) is 3. The molecular weight excluding hydrogens is 383 g/mol. The summed E-state index contributed by atoms with van der Waals surface area (Å²) in [5.41, 5.74) is -1.42. The average molecular weight is 402 g/mol. The van der Waals surface area contributed by atoms with Crippen LogP contribution in [-0.2, 0) is 0 Å². The number of nitrogens with zero attached hydrogens (tertiary/aromatic N) is 2. The van der Waals surface area contributed by atoms with Crippen LogP contribution >= 0.6 is 23.4 Å². The monoisotopic (exact) mass is 401 g/mol. The third kappa shape index (κ3) is 6.14. The fourth-order valence-corrected chi connectivity index (χ4v) is 2.82. The van der Waals surface area contributed by atoms with Gasteiger partial charge in [-0.15, -0.1) is 0 Å². The molecule has 0 aliphatic carbocycles. The standard InChI is InChI=1S/C18H19ClF3N3S/c1-4-25(3)11-23-15-9-12(2)10-16(17(15)19)24-13-5-7-14(8-6-13)26-18(20,21)22/h5-11,24H,4H2,1-3H3. The molecule has 2 rings (SSSR count). The minimum Gasteiger partial charge on any atom is -0.366 e. The summed E-state index contributed by atoms with van der Waals surface area (Å²) in [6.45, 7) is 4.76. The summed E-state index contributed by atoms with van der Waals surface area (Å²) in [5.74, 6) is 0. The van der Waals surface area contributed by atoms with E-state index in [0.29, 0.717) is 22.1 Å². The number of benzene rings is 2. The molecule has 0 saturated carbocycles. The molecule has 0 fully saturated rings. The number of alkyl halides is 3. The molecule has 0 atom stereocenters. The number of aryl methyl sites for hydroxylation is 1. The third-order valence-corrected chi connectivity index (χ3v) is 4.59. The molecule has 0 aliphatic rings. The second-order valence-corrected chi connectivity index (χ2v) is 7.18. The largest absolute Gasteiger partial charge is 0.446 e. The number of anilines is 2. The van der Waals surface area contributed by atoms with Gasteiger partial charge in [-0.3, -0.25) is 0 Å². The van der Waals surface area contributed by atoms with Crippen LogP contribution in [0.15, 0.2) is 46.3 Å². The Morgan fingerprint density at radius 1 is 1.23 bits per heavy atom. The van der Waals surface area contributed by atoms with Crippen LogP contribution in [0.1, 0.15) is 12.5 Å². The Bertz CT molecular complexity index is 776. The zero-order valence-electron chi connectivity index (χ0n) is 14.6. The zero-order valence-corrected chi connectivity index (χ0v) is 16.1. The van der Waals surface area contributed by atoms with E-state index < -0.39 is 5.51 Å². The van der Waals surface area contributed by atoms with Gasteiger partial charge in [0.1, 0.15) is 0 Å². The second kappa shape index (κ2) is 8.68. The summed E-state index contributed by atoms with van der Waals surface area (Å²) >= 11 is 6.29. The van der Waals surface area contributed by atoms with Crippen molar-refractivity contribution in [1.82, 2.24) is 4.90 Å². The molecule has 8 heteroatoms. The van der Waals surface area contributed by atoms with Gasteiger partial charge in [-0.1, -0.05) is 11.6 Å². The van der Waals surface area contributed by atoms with Crippen LogP contribution in [0.5, 0.6) is 0 Å². The molecule has 3 nitrogen and oxygen atoms in total. The molecule has 2 aromatic rings. The Kier molecular flexibility index (Phi) is 6.83. The summed E-state index contributed by atoms with van der Waals surface area (Å²) in [7, 11) is 1.91. The van der Waals surface area contributed by atoms with Crippen molar-refractivity contribution in [3.63, 3.8) is 0 Å². The lowest BCUT2D eigenvalue weighted by molar-refractivity contribution is -0.0328. The highest BCUT2D eigenvalue weighted by molar-refractivity contribution is 8.00. The lowest BCUT2D eigenvalue weighted by Gasteiger charge is -2.13. The first-order valence-electron chi connectivity index (χ1n) is 7.85. The topological polar surface area (TPSA) is 27.6 Å². The number of rotatable bonds is 6. The van der Waals surface area contributed by atoms with Crippen molar-refractivity contribution in [3.8, 4) is 0 Å². The lowest BCUT2D eigenvalue weighted by atomic mass is 10.2. The zero-order chi connectivity index (χ0) is 19.3. The molecule has 140 valence electrons. The Balaban J connectivity index is 2.21. The van der Waals surface area contributed by atoms with Gasteiger partial charge in [-0.2, -0.15) is 13.2 Å². The van der Waals surface area contributed by atoms with Gasteiger partial charge in [0.05, 0.1) is 22.7 Å². The van der Waals surface area contributed by atoms with Gasteiger partial charge in [-0.25, -0.2) is 4.99 Å². The molecule has 0 heterocycles. The van der Waals surface area contributed by atoms with E-state index in [1.165, 1.54) is 12.1 Å². The Morgan fingerprint density at radius 2 is 1.88 bits per heavy atom. The molecule has 0 spiro atoms. The molecule has 0 unspecified atom stereocenters. The van der Waals surface area contributed by atoms with Crippen molar-refractivity contribution in [2.75, 3.05) is 18.9 Å². The van der Waals surface area contributed by atoms with Gasteiger partial charge >= 0.3 is 5.51 Å². The van der Waals surface area contributed by atoms with Crippen LogP contribution in [0.25, 0.3) is 0 Å². The van der Waals surface area contributed by atoms with Gasteiger partial charge in [-0.05, 0) is 67.6 Å². The van der Waals surface area contributed by atoms with Crippen molar-refractivity contribution < 1.29 is 13.2 Å². The van der Waals surface area contributed by atoms with Gasteiger partial charge < -0.3 is 10.2 Å². The molecular formula is C18H19ClF3N3S. The minimum absolute atomic E-state index is 0.131. The smallest absolute Gasteiger partial charge is 0.366 e. The fraction of sp³-hybridized carbons (Fsp3) is 0.278. The normalized spacial score (nSPS) is 11.8. The lowest BCUT2D eigenvalue weighted by Crippen LogP contribution is -2.14. The van der Waals surface area contributed by atoms with Crippen molar-refractivity contribution in [1.29, 1.82) is 0 Å². The van der Waals surface area contributed by atoms with Crippen LogP contribution in [0.3, 0.4) is 0 Å². The molecule has 0 bridgehead atoms. The van der Waals surface area contributed by atoms with E-state index in [1.54, 1.807) is 18.5 Å². The van der Waals surface area contributed by atoms with Crippen molar-refractivity contribution in [2.24, 2.45) is 4.99 Å². The van der Waals surface area contributed by atoms with E-state index in [1.807, 2.05) is 37.9 Å². The van der Waals surface area contributed by atoms with Crippen LogP contribution in [-0.4, -0.2) is 30.3 Å². The highest BCUT2D eigenvalue weighted by Gasteiger charge is 2.29. The first kappa shape index (κ1) is 20.5. The quantitative estimate of drug-likeness (QED) is 0.335. The fourth-order valence-electron chi connectivity index (χ4n) is 2.07. The first-order chi connectivity index (χ1) is 12.2. The van der Waals surface area contributed by atoms with Gasteiger partial charge in [0, 0.05) is 24.2 Å². The van der Waals surface area contributed by atoms with E-state index in [0.717, 1.165) is 12.1 Å². The molecule has 26 heavy (non-hydrogen) atoms. The summed E-state index contributed by atoms with van der Waals surface area (Å²) in [5, 5.41) is 3.58. The first-order valence-corrected chi connectivity index (χ1v) is 9.05. The molecule has 0 saturated heterocycles. The number of aliphatic imine (C=N–C) groups is 1. The average Bonchev–Trinajstić information content (AvgIpc) is 2.56. The Hall–Kier alpha value is -1.86. The highest BCUT2D eigenvalue weighted by atomic mass is 35.5. The van der Waals surface area contributed by atoms with Gasteiger partial charge in [0.2, 0.25) is 0 Å². The van der Waals surface area contributed by atoms with Crippen molar-refractivity contribution in [3.05, 3.63) is 47.0 Å². The number of halogens is 4. The summed E-state index contributed by atoms with van der Waals surface area (Å²) in [6.07, 6.45) is 1.70. The molecule has 2 aromatic carbocycles. The molecule has 1 N–H and O–H groups in total. The van der Waals surface area contributed by atoms with Gasteiger partial charge in [0.15, 0.2) is 0 Å². The van der Waals surface area contributed by atoms with E-state index in [2.05, 4.69) is 10.3 Å². The molecule has 0 amide bonds. The number of hydrogen-bond donors (Lipinski definition) is 1. The second-order valence-electron chi connectivity index (χ2n) is 5.66. The van der Waals surface area contributed by atoms with E-state index in [9.17, 15) is 13.2 Å². The van der Waals surface area contributed by atoms with Crippen LogP contribution in [0.4, 0.5) is 30.2 Å². The highest BCUT2D eigenvalue weighted by Crippen LogP contribution is 2.38. The number of thioether (sulfide) groups is 1. The Morgan fingerprint density at radius 3 is 2.46 bits per heavy atom. The van der Waals surface area contributed by atoms with Crippen LogP contribution in [0, 0.1) is 6.92 Å². The van der Waals surface area contributed by atoms with Gasteiger partial charge in [0.25, 0.3) is 0 Å². The third-order valence-electron chi connectivity index (χ3n) is 3.46. The maximum Gasteiger partial charge on any atom is 0.446 e. The van der Waals surface area contributed by atoms with Crippen LogP contribution < -0.4 is 5.32 Å². The maximum atomic E-state index is 12.4. The predicted molar refractivity (Wildman–Crippen MR) is 104 cm³/mol. The molecule has 0 aliphatic heterocycles. The maximum absolute atomic E-state index is 12.4. The van der Waals surface area contributed by atoms with Crippen LogP contribution in [0.2, 0.25) is 5.02 Å². The summed E-state index contributed by atoms with van der Waals surface area (Å²) in [4.78, 5) is 6.44.